The van der Waals surface area contributed by atoms with Gasteiger partial charge in [-0.1, -0.05) is 17.7 Å². The van der Waals surface area contributed by atoms with Crippen LogP contribution < -0.4 is 11.1 Å². The molecule has 0 aliphatic carbocycles. The van der Waals surface area contributed by atoms with Gasteiger partial charge in [0.1, 0.15) is 0 Å². The fraction of sp³-hybridized carbons (Fsp3) is 0.133. The Morgan fingerprint density at radius 3 is 2.48 bits per heavy atom. The number of nitrogens with one attached hydrogen (secondary N) is 1. The summed E-state index contributed by atoms with van der Waals surface area (Å²) in [7, 11) is 0. The summed E-state index contributed by atoms with van der Waals surface area (Å²) >= 11 is 0. The van der Waals surface area contributed by atoms with Crippen LogP contribution >= 0.6 is 0 Å². The second kappa shape index (κ2) is 5.47. The lowest BCUT2D eigenvalue weighted by molar-refractivity contribution is -0.136. The van der Waals surface area contributed by atoms with Crippen LogP contribution in [0.2, 0.25) is 0 Å². The van der Waals surface area contributed by atoms with E-state index in [9.17, 15) is 18.0 Å². The van der Waals surface area contributed by atoms with Crippen LogP contribution in [0.4, 0.5) is 24.5 Å². The quantitative estimate of drug-likeness (QED) is 0.827. The van der Waals surface area contributed by atoms with Crippen LogP contribution in [0.5, 0.6) is 0 Å². The molecule has 2 aromatic carbocycles. The largest absolute Gasteiger partial charge is 0.418 e. The van der Waals surface area contributed by atoms with Crippen molar-refractivity contribution in [3.05, 3.63) is 59.2 Å². The molecule has 0 unspecified atom stereocenters. The number of anilines is 2. The van der Waals surface area contributed by atoms with E-state index >= 15 is 0 Å². The van der Waals surface area contributed by atoms with Crippen molar-refractivity contribution in [2.45, 2.75) is 13.1 Å². The number of aryl methyl sites for hydroxylation is 1. The molecule has 3 nitrogen and oxygen atoms in total. The van der Waals surface area contributed by atoms with Gasteiger partial charge in [0.15, 0.2) is 0 Å². The van der Waals surface area contributed by atoms with Crippen molar-refractivity contribution in [1.82, 2.24) is 0 Å². The molecule has 0 aromatic heterocycles. The predicted molar refractivity (Wildman–Crippen MR) is 75.0 cm³/mol. The number of hydrogen-bond donors (Lipinski definition) is 2. The first kappa shape index (κ1) is 14.9. The number of alkyl halides is 3. The van der Waals surface area contributed by atoms with Crippen molar-refractivity contribution in [2.75, 3.05) is 11.1 Å². The number of hydrogen-bond acceptors (Lipinski definition) is 2. The minimum atomic E-state index is -4.56. The molecule has 0 bridgehead atoms. The maximum Gasteiger partial charge on any atom is 0.418 e. The first-order valence-electron chi connectivity index (χ1n) is 6.12. The lowest BCUT2D eigenvalue weighted by atomic mass is 10.1. The van der Waals surface area contributed by atoms with Crippen LogP contribution in [-0.4, -0.2) is 5.91 Å². The smallest absolute Gasteiger partial charge is 0.398 e. The molecule has 0 spiro atoms. The number of carbonyl (C=O) groups excluding carboxylic acids is 1. The Kier molecular flexibility index (Phi) is 3.88. The fourth-order valence-electron chi connectivity index (χ4n) is 1.87. The Hall–Kier alpha value is -2.50. The van der Waals surface area contributed by atoms with Gasteiger partial charge in [0, 0.05) is 16.9 Å². The molecular formula is C15H13F3N2O. The molecule has 0 saturated carbocycles. The third-order valence-corrected chi connectivity index (χ3v) is 2.90. The van der Waals surface area contributed by atoms with Gasteiger partial charge in [-0.2, -0.15) is 13.2 Å². The zero-order chi connectivity index (χ0) is 15.6. The molecular weight excluding hydrogens is 281 g/mol. The minimum Gasteiger partial charge on any atom is -0.398 e. The van der Waals surface area contributed by atoms with E-state index in [4.69, 9.17) is 5.73 Å². The van der Waals surface area contributed by atoms with Gasteiger partial charge in [0.25, 0.3) is 5.91 Å². The Balaban J connectivity index is 2.26. The number of benzene rings is 2. The third kappa shape index (κ3) is 3.53. The Morgan fingerprint density at radius 1 is 1.14 bits per heavy atom. The Morgan fingerprint density at radius 2 is 1.86 bits per heavy atom. The highest BCUT2D eigenvalue weighted by Crippen LogP contribution is 2.35. The van der Waals surface area contributed by atoms with Gasteiger partial charge in [-0.05, 0) is 37.3 Å². The molecule has 0 aliphatic heterocycles. The van der Waals surface area contributed by atoms with Gasteiger partial charge in [-0.25, -0.2) is 0 Å². The molecule has 21 heavy (non-hydrogen) atoms. The van der Waals surface area contributed by atoms with Gasteiger partial charge in [-0.15, -0.1) is 0 Å². The molecule has 0 fully saturated rings. The maximum absolute atomic E-state index is 12.7. The van der Waals surface area contributed by atoms with E-state index in [-0.39, 0.29) is 11.4 Å². The molecule has 0 aliphatic rings. The van der Waals surface area contributed by atoms with E-state index < -0.39 is 17.6 Å². The topological polar surface area (TPSA) is 55.1 Å². The summed E-state index contributed by atoms with van der Waals surface area (Å²) in [6.45, 7) is 1.82. The average Bonchev–Trinajstić information content (AvgIpc) is 2.39. The number of nitrogen functional groups attached to an aromatic ring is 1. The van der Waals surface area contributed by atoms with Crippen molar-refractivity contribution in [3.8, 4) is 0 Å². The predicted octanol–water partition coefficient (Wildman–Crippen LogP) is 3.85. The molecule has 110 valence electrons. The maximum atomic E-state index is 12.7. The summed E-state index contributed by atoms with van der Waals surface area (Å²) in [5.41, 5.74) is 5.26. The van der Waals surface area contributed by atoms with Crippen molar-refractivity contribution >= 4 is 17.3 Å². The van der Waals surface area contributed by atoms with Crippen LogP contribution in [0.1, 0.15) is 21.5 Å². The summed E-state index contributed by atoms with van der Waals surface area (Å²) in [6, 6.07) is 10.0. The molecule has 2 rings (SSSR count). The van der Waals surface area contributed by atoms with E-state index in [0.29, 0.717) is 5.56 Å². The van der Waals surface area contributed by atoms with E-state index in [2.05, 4.69) is 5.32 Å². The van der Waals surface area contributed by atoms with Gasteiger partial charge in [0.2, 0.25) is 0 Å². The van der Waals surface area contributed by atoms with Crippen molar-refractivity contribution in [3.63, 3.8) is 0 Å². The number of halogens is 3. The monoisotopic (exact) mass is 294 g/mol. The first-order valence-corrected chi connectivity index (χ1v) is 6.12. The summed E-state index contributed by atoms with van der Waals surface area (Å²) in [4.78, 5) is 12.0. The van der Waals surface area contributed by atoms with E-state index in [1.165, 1.54) is 6.07 Å². The Bertz CT molecular complexity index is 681. The molecule has 1 amide bonds. The number of rotatable bonds is 2. The Labute approximate surface area is 119 Å². The SMILES string of the molecule is Cc1cccc(C(=O)Nc2ccc(N)c(C(F)(F)F)c2)c1. The highest BCUT2D eigenvalue weighted by Gasteiger charge is 2.33. The number of amides is 1. The summed E-state index contributed by atoms with van der Waals surface area (Å²) < 4.78 is 38.2. The standard InChI is InChI=1S/C15H13F3N2O/c1-9-3-2-4-10(7-9)14(21)20-11-5-6-13(19)12(8-11)15(16,17)18/h2-8H,19H2,1H3,(H,20,21). The first-order chi connectivity index (χ1) is 9.77. The molecule has 0 atom stereocenters. The molecule has 2 aromatic rings. The van der Waals surface area contributed by atoms with Crippen LogP contribution in [0.15, 0.2) is 42.5 Å². The fourth-order valence-corrected chi connectivity index (χ4v) is 1.87. The zero-order valence-electron chi connectivity index (χ0n) is 11.2. The summed E-state index contributed by atoms with van der Waals surface area (Å²) in [6.07, 6.45) is -4.56. The highest BCUT2D eigenvalue weighted by molar-refractivity contribution is 6.04. The molecule has 3 N–H and O–H groups in total. The number of carbonyl (C=O) groups is 1. The lowest BCUT2D eigenvalue weighted by Gasteiger charge is -2.12. The van der Waals surface area contributed by atoms with Crippen LogP contribution in [0.3, 0.4) is 0 Å². The van der Waals surface area contributed by atoms with Crippen LogP contribution in [0, 0.1) is 6.92 Å². The molecule has 0 saturated heterocycles. The summed E-state index contributed by atoms with van der Waals surface area (Å²) in [5, 5.41) is 2.43. The molecule has 6 heteroatoms. The van der Waals surface area contributed by atoms with E-state index in [1.54, 1.807) is 18.2 Å². The van der Waals surface area contributed by atoms with Crippen LogP contribution in [-0.2, 0) is 6.18 Å². The van der Waals surface area contributed by atoms with Crippen LogP contribution in [0.25, 0.3) is 0 Å². The highest BCUT2D eigenvalue weighted by atomic mass is 19.4. The van der Waals surface area contributed by atoms with Crippen molar-refractivity contribution in [1.29, 1.82) is 0 Å². The third-order valence-electron chi connectivity index (χ3n) is 2.90. The second-order valence-corrected chi connectivity index (χ2v) is 4.62. The molecule has 0 heterocycles. The van der Waals surface area contributed by atoms with Gasteiger partial charge in [0.05, 0.1) is 5.56 Å². The van der Waals surface area contributed by atoms with Gasteiger partial charge < -0.3 is 11.1 Å². The average molecular weight is 294 g/mol. The van der Waals surface area contributed by atoms with Gasteiger partial charge >= 0.3 is 6.18 Å². The normalized spacial score (nSPS) is 11.2. The second-order valence-electron chi connectivity index (χ2n) is 4.62. The van der Waals surface area contributed by atoms with Crippen molar-refractivity contribution < 1.29 is 18.0 Å². The zero-order valence-corrected chi connectivity index (χ0v) is 11.2. The lowest BCUT2D eigenvalue weighted by Crippen LogP contribution is -2.14. The molecule has 0 radical (unpaired) electrons. The van der Waals surface area contributed by atoms with E-state index in [1.807, 2.05) is 13.0 Å². The van der Waals surface area contributed by atoms with Gasteiger partial charge in [-0.3, -0.25) is 4.79 Å². The summed E-state index contributed by atoms with van der Waals surface area (Å²) in [5.74, 6) is -0.475. The minimum absolute atomic E-state index is 0.0445. The van der Waals surface area contributed by atoms with E-state index in [0.717, 1.165) is 17.7 Å². The van der Waals surface area contributed by atoms with Crippen molar-refractivity contribution in [2.24, 2.45) is 0 Å². The number of nitrogens with two attached hydrogens (primary N) is 1.